The van der Waals surface area contributed by atoms with Gasteiger partial charge in [-0.05, 0) is 12.1 Å². The number of hydrogen-bond donors (Lipinski definition) is 1. The summed E-state index contributed by atoms with van der Waals surface area (Å²) in [5.41, 5.74) is 1.59. The van der Waals surface area contributed by atoms with Crippen molar-refractivity contribution in [1.82, 2.24) is 4.98 Å². The molecule has 0 aliphatic heterocycles. The van der Waals surface area contributed by atoms with E-state index in [1.54, 1.807) is 24.3 Å². The maximum absolute atomic E-state index is 12.6. The normalized spacial score (nSPS) is 10.5. The lowest BCUT2D eigenvalue weighted by Crippen LogP contribution is -2.08. The monoisotopic (exact) mass is 279 g/mol. The molecule has 0 amide bonds. The van der Waals surface area contributed by atoms with Crippen molar-refractivity contribution in [1.29, 1.82) is 0 Å². The highest BCUT2D eigenvalue weighted by molar-refractivity contribution is 6.13. The lowest BCUT2D eigenvalue weighted by atomic mass is 10.1. The summed E-state index contributed by atoms with van der Waals surface area (Å²) < 4.78 is 5.25. The second kappa shape index (κ2) is 5.25. The molecule has 0 atom stereocenters. The van der Waals surface area contributed by atoms with Gasteiger partial charge in [0.05, 0.1) is 0 Å². The van der Waals surface area contributed by atoms with E-state index in [0.717, 1.165) is 5.52 Å². The van der Waals surface area contributed by atoms with E-state index in [2.05, 4.69) is 4.98 Å². The smallest absolute Gasteiger partial charge is 0.308 e. The van der Waals surface area contributed by atoms with Crippen LogP contribution < -0.4 is 4.74 Å². The number of benzene rings is 2. The molecule has 1 heterocycles. The van der Waals surface area contributed by atoms with Gasteiger partial charge >= 0.3 is 5.97 Å². The topological polar surface area (TPSA) is 59.2 Å². The lowest BCUT2D eigenvalue weighted by molar-refractivity contribution is -0.131. The van der Waals surface area contributed by atoms with E-state index >= 15 is 0 Å². The van der Waals surface area contributed by atoms with Crippen molar-refractivity contribution >= 4 is 22.7 Å². The number of aromatic nitrogens is 1. The molecule has 3 rings (SSSR count). The van der Waals surface area contributed by atoms with Gasteiger partial charge in [0.25, 0.3) is 0 Å². The van der Waals surface area contributed by atoms with Crippen LogP contribution >= 0.6 is 0 Å². The summed E-state index contributed by atoms with van der Waals surface area (Å²) in [6.07, 6.45) is 0. The number of fused-ring (bicyclic) bond motifs is 1. The number of nitrogens with one attached hydrogen (secondary N) is 1. The number of hydrogen-bond acceptors (Lipinski definition) is 3. The Balaban J connectivity index is 2.17. The quantitative estimate of drug-likeness (QED) is 0.591. The number of ether oxygens (including phenoxy) is 1. The molecule has 1 aromatic heterocycles. The summed E-state index contributed by atoms with van der Waals surface area (Å²) in [6, 6.07) is 16.2. The van der Waals surface area contributed by atoms with Crippen LogP contribution in [0.25, 0.3) is 10.9 Å². The molecule has 0 unspecified atom stereocenters. The fourth-order valence-corrected chi connectivity index (χ4v) is 2.26. The molecule has 0 fully saturated rings. The minimum atomic E-state index is -0.457. The van der Waals surface area contributed by atoms with Crippen molar-refractivity contribution in [2.45, 2.75) is 6.92 Å². The SMILES string of the molecule is CC(=O)Oc1c(C(=O)c2ccccc2)[nH]c2ccccc12. The number of esters is 1. The van der Waals surface area contributed by atoms with Crippen LogP contribution in [-0.2, 0) is 4.79 Å². The lowest BCUT2D eigenvalue weighted by Gasteiger charge is -2.03. The summed E-state index contributed by atoms with van der Waals surface area (Å²) in [6.45, 7) is 1.32. The third-order valence-corrected chi connectivity index (χ3v) is 3.17. The van der Waals surface area contributed by atoms with Crippen molar-refractivity contribution in [2.24, 2.45) is 0 Å². The second-order valence-corrected chi connectivity index (χ2v) is 4.66. The summed E-state index contributed by atoms with van der Waals surface area (Å²) in [5, 5.41) is 0.715. The van der Waals surface area contributed by atoms with Gasteiger partial charge in [-0.1, -0.05) is 42.5 Å². The molecular weight excluding hydrogens is 266 g/mol. The Kier molecular flexibility index (Phi) is 3.28. The van der Waals surface area contributed by atoms with Crippen LogP contribution in [0.3, 0.4) is 0 Å². The zero-order valence-electron chi connectivity index (χ0n) is 11.4. The first-order valence-corrected chi connectivity index (χ1v) is 6.55. The molecule has 4 heteroatoms. The zero-order chi connectivity index (χ0) is 14.8. The molecule has 3 aromatic rings. The summed E-state index contributed by atoms with van der Waals surface area (Å²) in [7, 11) is 0. The average molecular weight is 279 g/mol. The minimum absolute atomic E-state index is 0.206. The van der Waals surface area contributed by atoms with Crippen LogP contribution in [0, 0.1) is 0 Å². The second-order valence-electron chi connectivity index (χ2n) is 4.66. The maximum Gasteiger partial charge on any atom is 0.308 e. The van der Waals surface area contributed by atoms with Gasteiger partial charge in [0.15, 0.2) is 5.75 Å². The van der Waals surface area contributed by atoms with Crippen LogP contribution in [-0.4, -0.2) is 16.7 Å². The molecule has 0 aliphatic rings. The van der Waals surface area contributed by atoms with Gasteiger partial charge in [0.2, 0.25) is 5.78 Å². The average Bonchev–Trinajstić information content (AvgIpc) is 2.86. The number of carbonyl (C=O) groups excluding carboxylic acids is 2. The number of H-pyrrole nitrogens is 1. The number of carbonyl (C=O) groups is 2. The van der Waals surface area contributed by atoms with Gasteiger partial charge in [0.1, 0.15) is 5.69 Å². The Morgan fingerprint density at radius 3 is 2.33 bits per heavy atom. The highest BCUT2D eigenvalue weighted by Crippen LogP contribution is 2.31. The number of aromatic amines is 1. The van der Waals surface area contributed by atoms with Crippen molar-refractivity contribution in [3.63, 3.8) is 0 Å². The highest BCUT2D eigenvalue weighted by Gasteiger charge is 2.21. The molecule has 1 N–H and O–H groups in total. The first kappa shape index (κ1) is 13.1. The van der Waals surface area contributed by atoms with Crippen LogP contribution in [0.4, 0.5) is 0 Å². The van der Waals surface area contributed by atoms with Gasteiger partial charge in [0, 0.05) is 23.4 Å². The Bertz CT molecular complexity index is 818. The van der Waals surface area contributed by atoms with E-state index in [1.807, 2.05) is 30.3 Å². The molecule has 21 heavy (non-hydrogen) atoms. The third-order valence-electron chi connectivity index (χ3n) is 3.17. The Hall–Kier alpha value is -2.88. The van der Waals surface area contributed by atoms with E-state index in [0.29, 0.717) is 10.9 Å². The van der Waals surface area contributed by atoms with E-state index < -0.39 is 5.97 Å². The first-order valence-electron chi connectivity index (χ1n) is 6.55. The van der Waals surface area contributed by atoms with Crippen LogP contribution in [0.5, 0.6) is 5.75 Å². The number of para-hydroxylation sites is 1. The summed E-state index contributed by atoms with van der Waals surface area (Å²) in [5.74, 6) is -0.378. The Morgan fingerprint density at radius 1 is 0.952 bits per heavy atom. The molecule has 0 saturated heterocycles. The number of ketones is 1. The predicted molar refractivity (Wildman–Crippen MR) is 79.5 cm³/mol. The van der Waals surface area contributed by atoms with E-state index in [4.69, 9.17) is 4.74 Å². The summed E-state index contributed by atoms with van der Waals surface area (Å²) >= 11 is 0. The van der Waals surface area contributed by atoms with Crippen molar-refractivity contribution in [3.05, 3.63) is 65.9 Å². The molecule has 0 spiro atoms. The van der Waals surface area contributed by atoms with Gasteiger partial charge < -0.3 is 9.72 Å². The largest absolute Gasteiger partial charge is 0.424 e. The fraction of sp³-hybridized carbons (Fsp3) is 0.0588. The highest BCUT2D eigenvalue weighted by atomic mass is 16.5. The fourth-order valence-electron chi connectivity index (χ4n) is 2.26. The van der Waals surface area contributed by atoms with Crippen molar-refractivity contribution in [2.75, 3.05) is 0 Å². The molecule has 0 bridgehead atoms. The Labute approximate surface area is 121 Å². The van der Waals surface area contributed by atoms with E-state index in [9.17, 15) is 9.59 Å². The zero-order valence-corrected chi connectivity index (χ0v) is 11.4. The third kappa shape index (κ3) is 2.43. The van der Waals surface area contributed by atoms with Gasteiger partial charge in [-0.3, -0.25) is 9.59 Å². The molecular formula is C17H13NO3. The van der Waals surface area contributed by atoms with E-state index in [-0.39, 0.29) is 17.2 Å². The van der Waals surface area contributed by atoms with E-state index in [1.165, 1.54) is 6.92 Å². The standard InChI is InChI=1S/C17H13NO3/c1-11(19)21-17-13-9-5-6-10-14(13)18-15(17)16(20)12-7-3-2-4-8-12/h2-10,18H,1H3. The minimum Gasteiger partial charge on any atom is -0.424 e. The molecule has 4 nitrogen and oxygen atoms in total. The predicted octanol–water partition coefficient (Wildman–Crippen LogP) is 3.32. The molecule has 0 radical (unpaired) electrons. The van der Waals surface area contributed by atoms with Gasteiger partial charge in [-0.2, -0.15) is 0 Å². The van der Waals surface area contributed by atoms with Gasteiger partial charge in [-0.25, -0.2) is 0 Å². The van der Waals surface area contributed by atoms with Gasteiger partial charge in [-0.15, -0.1) is 0 Å². The molecule has 104 valence electrons. The molecule has 2 aromatic carbocycles. The van der Waals surface area contributed by atoms with Crippen molar-refractivity contribution in [3.8, 4) is 5.75 Å². The number of rotatable bonds is 3. The maximum atomic E-state index is 12.6. The van der Waals surface area contributed by atoms with Crippen molar-refractivity contribution < 1.29 is 14.3 Å². The van der Waals surface area contributed by atoms with Crippen LogP contribution in [0.15, 0.2) is 54.6 Å². The Morgan fingerprint density at radius 2 is 1.62 bits per heavy atom. The summed E-state index contributed by atoms with van der Waals surface area (Å²) in [4.78, 5) is 27.0. The molecule has 0 saturated carbocycles. The van der Waals surface area contributed by atoms with Crippen LogP contribution in [0.1, 0.15) is 23.0 Å². The first-order chi connectivity index (χ1) is 10.2. The molecule has 0 aliphatic carbocycles. The van der Waals surface area contributed by atoms with Crippen LogP contribution in [0.2, 0.25) is 0 Å².